The van der Waals surface area contributed by atoms with E-state index in [1.165, 1.54) is 0 Å². The van der Waals surface area contributed by atoms with Crippen molar-refractivity contribution in [3.05, 3.63) is 0 Å². The number of rotatable bonds is 8. The molecule has 0 spiro atoms. The zero-order valence-electron chi connectivity index (χ0n) is 10.3. The summed E-state index contributed by atoms with van der Waals surface area (Å²) in [6.07, 6.45) is 4.69. The smallest absolute Gasteiger partial charge is 0.229 e. The molecule has 0 saturated heterocycles. The summed E-state index contributed by atoms with van der Waals surface area (Å²) >= 11 is 6.70. The summed E-state index contributed by atoms with van der Waals surface area (Å²) in [4.78, 5) is 12.1. The predicted molar refractivity (Wildman–Crippen MR) is 75.8 cm³/mol. The number of thiocarbonyl (C=S) groups is 1. The Morgan fingerprint density at radius 3 is 2.56 bits per heavy atom. The molecular formula is C11H22N2OS2. The van der Waals surface area contributed by atoms with Crippen molar-refractivity contribution < 1.29 is 4.79 Å². The van der Waals surface area contributed by atoms with Gasteiger partial charge in [-0.15, -0.1) is 0 Å². The molecule has 0 fully saturated rings. The molecule has 0 aliphatic rings. The first-order valence-corrected chi connectivity index (χ1v) is 7.32. The van der Waals surface area contributed by atoms with Gasteiger partial charge in [-0.3, -0.25) is 4.79 Å². The first kappa shape index (κ1) is 15.7. The molecule has 0 aromatic carbocycles. The molecule has 0 heterocycles. The molecule has 0 rings (SSSR count). The number of carbonyl (C=O) groups excluding carboxylic acids is 1. The van der Waals surface area contributed by atoms with Crippen LogP contribution in [0.1, 0.15) is 33.1 Å². The Hall–Kier alpha value is -0.290. The molecule has 2 unspecified atom stereocenters. The zero-order valence-corrected chi connectivity index (χ0v) is 11.9. The number of hydrogen-bond acceptors (Lipinski definition) is 3. The minimum absolute atomic E-state index is 0.0253. The topological polar surface area (TPSA) is 55.1 Å². The van der Waals surface area contributed by atoms with Gasteiger partial charge in [-0.2, -0.15) is 11.8 Å². The molecule has 3 nitrogen and oxygen atoms in total. The average molecular weight is 262 g/mol. The van der Waals surface area contributed by atoms with E-state index in [9.17, 15) is 4.79 Å². The minimum Gasteiger partial charge on any atom is -0.393 e. The van der Waals surface area contributed by atoms with Gasteiger partial charge in [0.25, 0.3) is 0 Å². The second kappa shape index (κ2) is 8.82. The molecule has 0 aliphatic heterocycles. The highest BCUT2D eigenvalue weighted by molar-refractivity contribution is 7.99. The number of nitrogens with one attached hydrogen (secondary N) is 1. The van der Waals surface area contributed by atoms with Crippen LogP contribution in [0.2, 0.25) is 0 Å². The Bertz CT molecular complexity index is 234. The summed E-state index contributed by atoms with van der Waals surface area (Å²) in [5.41, 5.74) is 5.55. The monoisotopic (exact) mass is 262 g/mol. The highest BCUT2D eigenvalue weighted by Gasteiger charge is 2.19. The van der Waals surface area contributed by atoms with Crippen molar-refractivity contribution in [1.29, 1.82) is 0 Å². The summed E-state index contributed by atoms with van der Waals surface area (Å²) in [5.74, 6) is -0.327. The van der Waals surface area contributed by atoms with Gasteiger partial charge in [-0.05, 0) is 19.1 Å². The fraction of sp³-hybridized carbons (Fsp3) is 0.818. The van der Waals surface area contributed by atoms with Crippen molar-refractivity contribution in [3.63, 3.8) is 0 Å². The standard InChI is InChI=1S/C11H22N2OS2/c1-4-5-9(10(12)15)11(14)13-7-6-8(2)16-3/h8-9H,4-7H2,1-3H3,(H2,12,15)(H,13,14). The third-order valence-corrected chi connectivity index (χ3v) is 3.81. The third-order valence-electron chi connectivity index (χ3n) is 2.49. The Labute approximate surface area is 108 Å². The van der Waals surface area contributed by atoms with Crippen molar-refractivity contribution >= 4 is 34.9 Å². The van der Waals surface area contributed by atoms with Gasteiger partial charge in [0, 0.05) is 11.8 Å². The molecule has 0 aromatic rings. The van der Waals surface area contributed by atoms with Crippen LogP contribution in [0.4, 0.5) is 0 Å². The summed E-state index contributed by atoms with van der Waals surface area (Å²) in [7, 11) is 0. The Morgan fingerprint density at radius 1 is 1.50 bits per heavy atom. The van der Waals surface area contributed by atoms with Crippen molar-refractivity contribution in [2.75, 3.05) is 12.8 Å². The summed E-state index contributed by atoms with van der Waals surface area (Å²) in [6, 6.07) is 0. The lowest BCUT2D eigenvalue weighted by Crippen LogP contribution is -2.38. The van der Waals surface area contributed by atoms with Crippen LogP contribution in [0.25, 0.3) is 0 Å². The Morgan fingerprint density at radius 2 is 2.12 bits per heavy atom. The SMILES string of the molecule is CCCC(C(=O)NCCC(C)SC)C(N)=S. The lowest BCUT2D eigenvalue weighted by Gasteiger charge is -2.15. The van der Waals surface area contributed by atoms with Gasteiger partial charge in [0.2, 0.25) is 5.91 Å². The highest BCUT2D eigenvalue weighted by atomic mass is 32.2. The van der Waals surface area contributed by atoms with Crippen LogP contribution in [0.15, 0.2) is 0 Å². The quantitative estimate of drug-likeness (QED) is 0.657. The third kappa shape index (κ3) is 6.33. The molecule has 3 N–H and O–H groups in total. The van der Waals surface area contributed by atoms with Gasteiger partial charge < -0.3 is 11.1 Å². The second-order valence-electron chi connectivity index (χ2n) is 3.87. The summed E-state index contributed by atoms with van der Waals surface area (Å²) < 4.78 is 0. The molecule has 0 aliphatic carbocycles. The van der Waals surface area contributed by atoms with Crippen molar-refractivity contribution in [3.8, 4) is 0 Å². The van der Waals surface area contributed by atoms with E-state index >= 15 is 0 Å². The van der Waals surface area contributed by atoms with Gasteiger partial charge in [0.1, 0.15) is 0 Å². The van der Waals surface area contributed by atoms with E-state index in [1.807, 2.05) is 6.92 Å². The predicted octanol–water partition coefficient (Wildman–Crippen LogP) is 1.95. The summed E-state index contributed by atoms with van der Waals surface area (Å²) in [6.45, 7) is 4.87. The number of amides is 1. The molecule has 0 saturated carbocycles. The first-order valence-electron chi connectivity index (χ1n) is 5.62. The van der Waals surface area contributed by atoms with E-state index in [4.69, 9.17) is 18.0 Å². The minimum atomic E-state index is -0.301. The van der Waals surface area contributed by atoms with Gasteiger partial charge in [-0.25, -0.2) is 0 Å². The largest absolute Gasteiger partial charge is 0.393 e. The molecule has 2 atom stereocenters. The molecule has 94 valence electrons. The number of carbonyl (C=O) groups is 1. The van der Waals surface area contributed by atoms with Gasteiger partial charge in [0.05, 0.1) is 10.9 Å². The molecule has 0 bridgehead atoms. The van der Waals surface area contributed by atoms with Crippen molar-refractivity contribution in [1.82, 2.24) is 5.32 Å². The molecule has 0 radical (unpaired) electrons. The summed E-state index contributed by atoms with van der Waals surface area (Å²) in [5, 5.41) is 3.46. The van der Waals surface area contributed by atoms with Crippen LogP contribution in [0.5, 0.6) is 0 Å². The van der Waals surface area contributed by atoms with E-state index in [0.29, 0.717) is 16.8 Å². The Kier molecular flexibility index (Phi) is 8.66. The maximum Gasteiger partial charge on any atom is 0.229 e. The van der Waals surface area contributed by atoms with Crippen molar-refractivity contribution in [2.24, 2.45) is 11.7 Å². The lowest BCUT2D eigenvalue weighted by molar-refractivity contribution is -0.123. The molecule has 16 heavy (non-hydrogen) atoms. The van der Waals surface area contributed by atoms with Gasteiger partial charge in [0.15, 0.2) is 0 Å². The lowest BCUT2D eigenvalue weighted by atomic mass is 10.0. The number of nitrogens with two attached hydrogens (primary N) is 1. The number of thioether (sulfide) groups is 1. The number of hydrogen-bond donors (Lipinski definition) is 2. The van der Waals surface area contributed by atoms with E-state index < -0.39 is 0 Å². The maximum atomic E-state index is 11.8. The van der Waals surface area contributed by atoms with Crippen LogP contribution < -0.4 is 11.1 Å². The molecule has 1 amide bonds. The Balaban J connectivity index is 3.97. The molecule has 0 aromatic heterocycles. The molecule has 5 heteroatoms. The highest BCUT2D eigenvalue weighted by Crippen LogP contribution is 2.09. The van der Waals surface area contributed by atoms with Crippen LogP contribution >= 0.6 is 24.0 Å². The second-order valence-corrected chi connectivity index (χ2v) is 5.62. The van der Waals surface area contributed by atoms with Gasteiger partial charge in [-0.1, -0.05) is 32.5 Å². The van der Waals surface area contributed by atoms with E-state index in [0.717, 1.165) is 19.3 Å². The fourth-order valence-corrected chi connectivity index (χ4v) is 1.91. The van der Waals surface area contributed by atoms with Crippen LogP contribution in [0, 0.1) is 5.92 Å². The van der Waals surface area contributed by atoms with Crippen LogP contribution in [-0.2, 0) is 4.79 Å². The van der Waals surface area contributed by atoms with Crippen LogP contribution in [0.3, 0.4) is 0 Å². The van der Waals surface area contributed by atoms with E-state index in [1.54, 1.807) is 11.8 Å². The maximum absolute atomic E-state index is 11.8. The normalized spacial score (nSPS) is 14.2. The van der Waals surface area contributed by atoms with E-state index in [-0.39, 0.29) is 11.8 Å². The zero-order chi connectivity index (χ0) is 12.6. The van der Waals surface area contributed by atoms with Gasteiger partial charge >= 0.3 is 0 Å². The van der Waals surface area contributed by atoms with Crippen molar-refractivity contribution in [2.45, 2.75) is 38.4 Å². The first-order chi connectivity index (χ1) is 7.52. The van der Waals surface area contributed by atoms with E-state index in [2.05, 4.69) is 18.5 Å². The van der Waals surface area contributed by atoms with Crippen LogP contribution in [-0.4, -0.2) is 28.9 Å². The fourth-order valence-electron chi connectivity index (χ4n) is 1.33. The average Bonchev–Trinajstić information content (AvgIpc) is 2.24. The molecular weight excluding hydrogens is 240 g/mol.